The highest BCUT2D eigenvalue weighted by molar-refractivity contribution is 7.16. The van der Waals surface area contributed by atoms with E-state index in [0.29, 0.717) is 15.7 Å². The van der Waals surface area contributed by atoms with Crippen LogP contribution in [0.1, 0.15) is 46.0 Å². The average Bonchev–Trinajstić information content (AvgIpc) is 3.48. The van der Waals surface area contributed by atoms with Gasteiger partial charge in [-0.05, 0) is 54.8 Å². The molecule has 0 spiro atoms. The van der Waals surface area contributed by atoms with Crippen LogP contribution in [0.15, 0.2) is 55.0 Å². The Labute approximate surface area is 211 Å². The summed E-state index contributed by atoms with van der Waals surface area (Å²) in [6, 6.07) is 10.7. The number of nitrogens with one attached hydrogen (secondary N) is 3. The minimum atomic E-state index is -0.216. The Bertz CT molecular complexity index is 1310. The van der Waals surface area contributed by atoms with Crippen LogP contribution in [-0.4, -0.2) is 38.8 Å². The number of carbonyl (C=O) groups excluding carboxylic acids is 2. The van der Waals surface area contributed by atoms with Gasteiger partial charge < -0.3 is 15.6 Å². The summed E-state index contributed by atoms with van der Waals surface area (Å²) in [4.78, 5) is 38.2. The van der Waals surface area contributed by atoms with Crippen molar-refractivity contribution in [2.24, 2.45) is 0 Å². The molecular formula is C24H23Cl2N5O2S. The maximum absolute atomic E-state index is 12.9. The Morgan fingerprint density at radius 1 is 1.00 bits per heavy atom. The van der Waals surface area contributed by atoms with Crippen LogP contribution < -0.4 is 10.6 Å². The first-order valence-electron chi connectivity index (χ1n) is 10.8. The highest BCUT2D eigenvalue weighted by Gasteiger charge is 2.29. The van der Waals surface area contributed by atoms with E-state index in [1.165, 1.54) is 11.3 Å². The summed E-state index contributed by atoms with van der Waals surface area (Å²) >= 11 is 7.40. The van der Waals surface area contributed by atoms with Crippen LogP contribution in [0.25, 0.3) is 21.3 Å². The van der Waals surface area contributed by atoms with Gasteiger partial charge in [0.25, 0.3) is 11.8 Å². The van der Waals surface area contributed by atoms with Gasteiger partial charge in [0.2, 0.25) is 0 Å². The lowest BCUT2D eigenvalue weighted by atomic mass is 9.90. The van der Waals surface area contributed by atoms with Crippen LogP contribution >= 0.6 is 35.3 Å². The number of thiazole rings is 1. The van der Waals surface area contributed by atoms with E-state index in [9.17, 15) is 9.59 Å². The third-order valence-electron chi connectivity index (χ3n) is 5.89. The highest BCUT2D eigenvalue weighted by atomic mass is 35.5. The molecule has 5 rings (SSSR count). The van der Waals surface area contributed by atoms with E-state index in [0.717, 1.165) is 47.0 Å². The van der Waals surface area contributed by atoms with E-state index >= 15 is 0 Å². The maximum atomic E-state index is 12.9. The van der Waals surface area contributed by atoms with Crippen molar-refractivity contribution in [3.8, 4) is 10.4 Å². The number of carbonyl (C=O) groups is 2. The standard InChI is InChI=1S/C24H22ClN5O2S.ClH/c25-16-5-6-17-15(11-16)12-20(28-17)22(31)29-18-3-1-2-4-19(18)30-23(32)24-27-13-21(33-24)14-7-9-26-10-8-14;/h5-13,18-19,28H,1-4H2,(H,29,31)(H,30,32);1H/t18-,19-;/m1./s1. The second-order valence-electron chi connectivity index (χ2n) is 8.12. The molecule has 7 nitrogen and oxygen atoms in total. The third kappa shape index (κ3) is 5.24. The van der Waals surface area contributed by atoms with Crippen molar-refractivity contribution in [1.82, 2.24) is 25.6 Å². The number of pyridine rings is 1. The second kappa shape index (κ2) is 10.5. The molecule has 2 amide bonds. The number of hydrogen-bond donors (Lipinski definition) is 3. The SMILES string of the molecule is Cl.O=C(N[C@@H]1CCCC[C@H]1NC(=O)c1ncc(-c2ccncc2)s1)c1cc2cc(Cl)ccc2[nH]1. The number of amides is 2. The monoisotopic (exact) mass is 515 g/mol. The molecule has 1 aromatic carbocycles. The van der Waals surface area contributed by atoms with Crippen LogP contribution in [0, 0.1) is 0 Å². The molecule has 3 N–H and O–H groups in total. The molecule has 3 aromatic heterocycles. The second-order valence-corrected chi connectivity index (χ2v) is 9.59. The first-order valence-corrected chi connectivity index (χ1v) is 12.0. The summed E-state index contributed by atoms with van der Waals surface area (Å²) in [6.07, 6.45) is 8.75. The fourth-order valence-electron chi connectivity index (χ4n) is 4.21. The normalized spacial score (nSPS) is 17.7. The van der Waals surface area contributed by atoms with Gasteiger partial charge in [-0.1, -0.05) is 24.4 Å². The number of aromatic amines is 1. The maximum Gasteiger partial charge on any atom is 0.280 e. The van der Waals surface area contributed by atoms with E-state index in [4.69, 9.17) is 11.6 Å². The zero-order chi connectivity index (χ0) is 22.8. The quantitative estimate of drug-likeness (QED) is 0.338. The zero-order valence-electron chi connectivity index (χ0n) is 18.1. The van der Waals surface area contributed by atoms with Crippen LogP contribution in [0.5, 0.6) is 0 Å². The van der Waals surface area contributed by atoms with Crippen molar-refractivity contribution in [3.63, 3.8) is 0 Å². The predicted molar refractivity (Wildman–Crippen MR) is 137 cm³/mol. The zero-order valence-corrected chi connectivity index (χ0v) is 20.5. The molecule has 176 valence electrons. The number of rotatable bonds is 5. The molecule has 0 aliphatic heterocycles. The summed E-state index contributed by atoms with van der Waals surface area (Å²) < 4.78 is 0. The Hall–Kier alpha value is -2.94. The van der Waals surface area contributed by atoms with Crippen molar-refractivity contribution in [2.75, 3.05) is 0 Å². The number of halogens is 2. The molecular weight excluding hydrogens is 493 g/mol. The van der Waals surface area contributed by atoms with Gasteiger partial charge in [0.15, 0.2) is 5.01 Å². The molecule has 10 heteroatoms. The third-order valence-corrected chi connectivity index (χ3v) is 7.17. The van der Waals surface area contributed by atoms with Crippen molar-refractivity contribution in [3.05, 3.63) is 70.7 Å². The van der Waals surface area contributed by atoms with E-state index in [1.807, 2.05) is 24.3 Å². The summed E-state index contributed by atoms with van der Waals surface area (Å²) in [5, 5.41) is 8.12. The molecule has 0 unspecified atom stereocenters. The largest absolute Gasteiger partial charge is 0.351 e. The van der Waals surface area contributed by atoms with Crippen molar-refractivity contribution in [2.45, 2.75) is 37.8 Å². The summed E-state index contributed by atoms with van der Waals surface area (Å²) in [7, 11) is 0. The minimum Gasteiger partial charge on any atom is -0.351 e. The number of hydrogen-bond acceptors (Lipinski definition) is 5. The Morgan fingerprint density at radius 2 is 1.71 bits per heavy atom. The van der Waals surface area contributed by atoms with Crippen LogP contribution in [0.3, 0.4) is 0 Å². The Kier molecular flexibility index (Phi) is 7.50. The number of H-pyrrole nitrogens is 1. The smallest absolute Gasteiger partial charge is 0.280 e. The highest BCUT2D eigenvalue weighted by Crippen LogP contribution is 2.26. The van der Waals surface area contributed by atoms with Gasteiger partial charge in [0, 0.05) is 46.6 Å². The Morgan fingerprint density at radius 3 is 2.44 bits per heavy atom. The van der Waals surface area contributed by atoms with Crippen LogP contribution in [0.4, 0.5) is 0 Å². The lowest BCUT2D eigenvalue weighted by Crippen LogP contribution is -2.53. The topological polar surface area (TPSA) is 99.8 Å². The van der Waals surface area contributed by atoms with Crippen molar-refractivity contribution < 1.29 is 9.59 Å². The minimum absolute atomic E-state index is 0. The van der Waals surface area contributed by atoms with Gasteiger partial charge in [0.1, 0.15) is 5.69 Å². The Balaban J connectivity index is 0.00000274. The first-order chi connectivity index (χ1) is 16.1. The van der Waals surface area contributed by atoms with E-state index in [-0.39, 0.29) is 36.3 Å². The van der Waals surface area contributed by atoms with Crippen molar-refractivity contribution in [1.29, 1.82) is 0 Å². The number of fused-ring (bicyclic) bond motifs is 1. The molecule has 0 saturated heterocycles. The van der Waals surface area contributed by atoms with E-state index in [1.54, 1.807) is 30.7 Å². The molecule has 3 heterocycles. The van der Waals surface area contributed by atoms with Gasteiger partial charge in [0.05, 0.1) is 4.88 Å². The lowest BCUT2D eigenvalue weighted by Gasteiger charge is -2.32. The van der Waals surface area contributed by atoms with Gasteiger partial charge in [-0.25, -0.2) is 4.98 Å². The predicted octanol–water partition coefficient (Wildman–Crippen LogP) is 5.23. The summed E-state index contributed by atoms with van der Waals surface area (Å²) in [5.74, 6) is -0.408. The van der Waals surface area contributed by atoms with Crippen molar-refractivity contribution >= 4 is 58.1 Å². The molecule has 0 radical (unpaired) electrons. The van der Waals surface area contributed by atoms with Gasteiger partial charge in [-0.2, -0.15) is 0 Å². The van der Waals surface area contributed by atoms with Gasteiger partial charge in [-0.3, -0.25) is 14.6 Å². The lowest BCUT2D eigenvalue weighted by molar-refractivity contribution is 0.0860. The molecule has 0 bridgehead atoms. The summed E-state index contributed by atoms with van der Waals surface area (Å²) in [5.41, 5.74) is 2.31. The molecule has 1 aliphatic carbocycles. The van der Waals surface area contributed by atoms with Crippen LogP contribution in [-0.2, 0) is 0 Å². The number of nitrogens with zero attached hydrogens (tertiary/aromatic N) is 2. The number of benzene rings is 1. The first kappa shape index (κ1) is 24.2. The fraction of sp³-hybridized carbons (Fsp3) is 0.250. The van der Waals surface area contributed by atoms with Gasteiger partial charge >= 0.3 is 0 Å². The van der Waals surface area contributed by atoms with Crippen LogP contribution in [0.2, 0.25) is 5.02 Å². The average molecular weight is 516 g/mol. The molecule has 34 heavy (non-hydrogen) atoms. The number of aromatic nitrogens is 3. The fourth-order valence-corrected chi connectivity index (χ4v) is 5.21. The molecule has 2 atom stereocenters. The van der Waals surface area contributed by atoms with Gasteiger partial charge in [-0.15, -0.1) is 23.7 Å². The van der Waals surface area contributed by atoms with E-state index in [2.05, 4.69) is 25.6 Å². The summed E-state index contributed by atoms with van der Waals surface area (Å²) in [6.45, 7) is 0. The molecule has 4 aromatic rings. The molecule has 1 aliphatic rings. The van der Waals surface area contributed by atoms with E-state index < -0.39 is 0 Å². The molecule has 1 fully saturated rings. The molecule has 1 saturated carbocycles.